The third-order valence-corrected chi connectivity index (χ3v) is 1.38. The number of rotatable bonds is 1. The van der Waals surface area contributed by atoms with Crippen LogP contribution in [-0.2, 0) is 4.79 Å². The van der Waals surface area contributed by atoms with Gasteiger partial charge in [0.15, 0.2) is 0 Å². The zero-order valence-corrected chi connectivity index (χ0v) is 6.05. The van der Waals surface area contributed by atoms with Crippen molar-refractivity contribution in [1.29, 1.82) is 0 Å². The van der Waals surface area contributed by atoms with Crippen molar-refractivity contribution in [3.8, 4) is 0 Å². The van der Waals surface area contributed by atoms with Gasteiger partial charge >= 0.3 is 0 Å². The molecule has 0 fully saturated rings. The highest BCUT2D eigenvalue weighted by atomic mass is 16.1. The van der Waals surface area contributed by atoms with E-state index in [-0.39, 0.29) is 12.1 Å². The van der Waals surface area contributed by atoms with Crippen LogP contribution in [0, 0.1) is 0 Å². The number of amides is 1. The molecule has 1 amide bonds. The molecule has 0 aromatic heterocycles. The molecule has 0 spiro atoms. The summed E-state index contributed by atoms with van der Waals surface area (Å²) in [5, 5.41) is 2.76. The van der Waals surface area contributed by atoms with Crippen molar-refractivity contribution in [3.63, 3.8) is 0 Å². The molecule has 0 saturated carbocycles. The van der Waals surface area contributed by atoms with Gasteiger partial charge in [-0.05, 0) is 19.3 Å². The molecule has 0 bridgehead atoms. The van der Waals surface area contributed by atoms with Crippen LogP contribution >= 0.6 is 0 Å². The van der Waals surface area contributed by atoms with Crippen molar-refractivity contribution in [2.24, 2.45) is 0 Å². The number of allylic oxidation sites excluding steroid dienone is 2. The van der Waals surface area contributed by atoms with E-state index in [4.69, 9.17) is 0 Å². The van der Waals surface area contributed by atoms with Gasteiger partial charge in [0.1, 0.15) is 0 Å². The normalized spacial score (nSPS) is 15.5. The van der Waals surface area contributed by atoms with E-state index >= 15 is 0 Å². The Bertz CT molecular complexity index is 152. The largest absolute Gasteiger partial charge is 0.330 e. The molecule has 0 aromatic rings. The van der Waals surface area contributed by atoms with Crippen LogP contribution in [0.4, 0.5) is 0 Å². The first-order valence-corrected chi connectivity index (χ1v) is 3.25. The van der Waals surface area contributed by atoms with E-state index in [2.05, 4.69) is 11.4 Å². The second kappa shape index (κ2) is 4.06. The summed E-state index contributed by atoms with van der Waals surface area (Å²) in [5.74, 6) is 0.0446. The second-order valence-electron chi connectivity index (χ2n) is 2.30. The fourth-order valence-electron chi connectivity index (χ4n) is 1.01. The van der Waals surface area contributed by atoms with Crippen molar-refractivity contribution >= 4 is 5.91 Å². The minimum atomic E-state index is 0. The summed E-state index contributed by atoms with van der Waals surface area (Å²) >= 11 is 0. The van der Waals surface area contributed by atoms with Crippen LogP contribution in [-0.4, -0.2) is 5.91 Å². The molecule has 0 aliphatic heterocycles. The topological polar surface area (TPSA) is 59.6 Å². The van der Waals surface area contributed by atoms with Gasteiger partial charge in [0.05, 0.1) is 0 Å². The van der Waals surface area contributed by atoms with E-state index in [9.17, 15) is 4.79 Å². The maximum Gasteiger partial charge on any atom is 0.220 e. The number of nitrogens with one attached hydrogen (secondary N) is 1. The van der Waals surface area contributed by atoms with Crippen LogP contribution in [0.3, 0.4) is 0 Å². The molecule has 0 saturated heterocycles. The lowest BCUT2D eigenvalue weighted by atomic mass is 10.3. The second-order valence-corrected chi connectivity index (χ2v) is 2.30. The molecular weight excluding hydrogens is 128 g/mol. The summed E-state index contributed by atoms with van der Waals surface area (Å²) in [5.41, 5.74) is 1.10. The Balaban J connectivity index is 0.000000810. The molecule has 1 N–H and O–H groups in total. The first-order chi connectivity index (χ1) is 4.29. The molecule has 3 nitrogen and oxygen atoms in total. The number of hydrogen-bond donors (Lipinski definition) is 1. The summed E-state index contributed by atoms with van der Waals surface area (Å²) < 4.78 is 0. The predicted molar refractivity (Wildman–Crippen MR) is 37.9 cm³/mol. The van der Waals surface area contributed by atoms with Gasteiger partial charge in [-0.15, -0.1) is 0 Å². The van der Waals surface area contributed by atoms with E-state index in [0.29, 0.717) is 0 Å². The first kappa shape index (κ1) is 9.17. The number of carbonyl (C=O) groups excluding carboxylic acids is 1. The molecule has 3 radical (unpaired) electrons. The average molecular weight is 139 g/mol. The van der Waals surface area contributed by atoms with E-state index in [1.54, 1.807) is 6.92 Å². The Morgan fingerprint density at radius 1 is 1.70 bits per heavy atom. The van der Waals surface area contributed by atoms with Crippen molar-refractivity contribution in [2.75, 3.05) is 0 Å². The third-order valence-electron chi connectivity index (χ3n) is 1.38. The maximum atomic E-state index is 10.4. The van der Waals surface area contributed by atoms with E-state index in [1.165, 1.54) is 6.42 Å². The molecular formula is C7H11N2O. The van der Waals surface area contributed by atoms with Crippen LogP contribution in [0.15, 0.2) is 11.8 Å². The smallest absolute Gasteiger partial charge is 0.220 e. The number of hydrogen-bond acceptors (Lipinski definition) is 1. The van der Waals surface area contributed by atoms with E-state index < -0.39 is 0 Å². The van der Waals surface area contributed by atoms with E-state index in [1.807, 2.05) is 0 Å². The highest BCUT2D eigenvalue weighted by Gasteiger charge is 2.03. The molecule has 0 aromatic carbocycles. The van der Waals surface area contributed by atoms with Crippen LogP contribution in [0.1, 0.15) is 26.2 Å². The quantitative estimate of drug-likeness (QED) is 0.571. The van der Waals surface area contributed by atoms with Gasteiger partial charge < -0.3 is 5.32 Å². The molecule has 1 aliphatic carbocycles. The third kappa shape index (κ3) is 2.64. The summed E-state index contributed by atoms with van der Waals surface area (Å²) in [6.45, 7) is 1.54. The lowest BCUT2D eigenvalue weighted by Crippen LogP contribution is -2.17. The Kier molecular flexibility index (Phi) is 3.72. The fraction of sp³-hybridized carbons (Fsp3) is 0.571. The fourth-order valence-corrected chi connectivity index (χ4v) is 1.01. The zero-order valence-electron chi connectivity index (χ0n) is 6.05. The first-order valence-electron chi connectivity index (χ1n) is 3.25. The number of carbonyl (C=O) groups is 1. The summed E-state index contributed by atoms with van der Waals surface area (Å²) in [6, 6.07) is 0. The zero-order chi connectivity index (χ0) is 6.69. The van der Waals surface area contributed by atoms with Crippen LogP contribution in [0.25, 0.3) is 0 Å². The summed E-state index contributed by atoms with van der Waals surface area (Å²) in [4.78, 5) is 10.4. The molecule has 0 atom stereocenters. The van der Waals surface area contributed by atoms with Crippen molar-refractivity contribution < 1.29 is 4.79 Å². The Hall–Kier alpha value is -0.830. The van der Waals surface area contributed by atoms with Crippen molar-refractivity contribution in [1.82, 2.24) is 11.5 Å². The summed E-state index contributed by atoms with van der Waals surface area (Å²) in [6.07, 6.45) is 5.44. The van der Waals surface area contributed by atoms with Gasteiger partial charge in [-0.2, -0.15) is 0 Å². The molecule has 1 aliphatic rings. The average Bonchev–Trinajstić information content (AvgIpc) is 2.15. The Morgan fingerprint density at radius 3 is 2.80 bits per heavy atom. The minimum Gasteiger partial charge on any atom is -0.330 e. The maximum absolute atomic E-state index is 10.4. The van der Waals surface area contributed by atoms with Gasteiger partial charge in [-0.25, -0.2) is 0 Å². The monoisotopic (exact) mass is 139 g/mol. The Morgan fingerprint density at radius 2 is 2.40 bits per heavy atom. The predicted octanol–water partition coefficient (Wildman–Crippen LogP) is 0.710. The van der Waals surface area contributed by atoms with Crippen molar-refractivity contribution in [2.45, 2.75) is 26.2 Å². The molecule has 10 heavy (non-hydrogen) atoms. The van der Waals surface area contributed by atoms with Crippen molar-refractivity contribution in [3.05, 3.63) is 11.8 Å². The summed E-state index contributed by atoms with van der Waals surface area (Å²) in [7, 11) is 0. The lowest BCUT2D eigenvalue weighted by molar-refractivity contribution is -0.118. The van der Waals surface area contributed by atoms with Crippen LogP contribution in [0.5, 0.6) is 0 Å². The highest BCUT2D eigenvalue weighted by molar-refractivity contribution is 5.74. The lowest BCUT2D eigenvalue weighted by Gasteiger charge is -1.99. The molecule has 0 unspecified atom stereocenters. The molecule has 55 valence electrons. The molecule has 0 heterocycles. The molecule has 1 rings (SSSR count). The van der Waals surface area contributed by atoms with Gasteiger partial charge in [-0.3, -0.25) is 4.79 Å². The highest BCUT2D eigenvalue weighted by Crippen LogP contribution is 2.13. The Labute approximate surface area is 61.1 Å². The van der Waals surface area contributed by atoms with Gasteiger partial charge in [0.25, 0.3) is 0 Å². The van der Waals surface area contributed by atoms with Gasteiger partial charge in [0.2, 0.25) is 5.91 Å². The van der Waals surface area contributed by atoms with Gasteiger partial charge in [0, 0.05) is 18.8 Å². The standard InChI is InChI=1S/C7H11NO.N/c1-6(9)8-7-4-2-3-5-7;/h4H,2-3,5H2,1H3,(H,8,9);. The van der Waals surface area contributed by atoms with Gasteiger partial charge in [-0.1, -0.05) is 6.08 Å². The van der Waals surface area contributed by atoms with E-state index in [0.717, 1.165) is 18.5 Å². The number of nitrogens with zero attached hydrogens (tertiary/aromatic N) is 1. The SMILES string of the molecule is CC(=O)NC1=CCCC1.[N]. The molecule has 3 heteroatoms. The minimum absolute atomic E-state index is 0. The van der Waals surface area contributed by atoms with Crippen LogP contribution in [0.2, 0.25) is 0 Å². The van der Waals surface area contributed by atoms with Crippen LogP contribution < -0.4 is 11.5 Å².